The van der Waals surface area contributed by atoms with Crippen LogP contribution in [0.4, 0.5) is 0 Å². The lowest BCUT2D eigenvalue weighted by atomic mass is 10.00. The van der Waals surface area contributed by atoms with E-state index in [1.165, 1.54) is 6.42 Å². The molecule has 2 atom stereocenters. The average Bonchev–Trinajstić information content (AvgIpc) is 1.98. The summed E-state index contributed by atoms with van der Waals surface area (Å²) in [5, 5.41) is 18.3. The molecule has 1 aliphatic heterocycles. The summed E-state index contributed by atoms with van der Waals surface area (Å²) in [6, 6.07) is 0.577. The third-order valence-corrected chi connectivity index (χ3v) is 2.34. The molecule has 3 heteroatoms. The van der Waals surface area contributed by atoms with Crippen LogP contribution in [0.3, 0.4) is 0 Å². The third kappa shape index (κ3) is 2.15. The zero-order valence-electron chi connectivity index (χ0n) is 7.25. The van der Waals surface area contributed by atoms with Crippen molar-refractivity contribution in [1.29, 1.82) is 0 Å². The molecule has 0 spiro atoms. The smallest absolute Gasteiger partial charge is 0.0975 e. The van der Waals surface area contributed by atoms with E-state index in [0.29, 0.717) is 12.6 Å². The molecular formula is C8H17NO2. The van der Waals surface area contributed by atoms with E-state index in [0.717, 1.165) is 6.54 Å². The Bertz CT molecular complexity index is 136. The van der Waals surface area contributed by atoms with Crippen molar-refractivity contribution in [1.82, 2.24) is 4.90 Å². The topological polar surface area (TPSA) is 43.7 Å². The van der Waals surface area contributed by atoms with Crippen LogP contribution >= 0.6 is 0 Å². The Hall–Kier alpha value is -0.120. The fraction of sp³-hybridized carbons (Fsp3) is 1.00. The molecule has 3 nitrogen and oxygen atoms in total. The molecule has 0 aromatic rings. The lowest BCUT2D eigenvalue weighted by Crippen LogP contribution is -2.53. The molecule has 1 saturated heterocycles. The molecule has 1 heterocycles. The Kier molecular flexibility index (Phi) is 2.52. The van der Waals surface area contributed by atoms with E-state index < -0.39 is 5.60 Å². The average molecular weight is 159 g/mol. The molecule has 0 radical (unpaired) electrons. The molecule has 1 aliphatic rings. The number of aliphatic hydroxyl groups excluding tert-OH is 1. The first kappa shape index (κ1) is 8.97. The SMILES string of the molecule is CC1CCN1CC(C)(O)CO. The second kappa shape index (κ2) is 3.09. The van der Waals surface area contributed by atoms with E-state index in [-0.39, 0.29) is 6.61 Å². The monoisotopic (exact) mass is 159 g/mol. The van der Waals surface area contributed by atoms with Crippen molar-refractivity contribution in [2.24, 2.45) is 0 Å². The number of aliphatic hydroxyl groups is 2. The molecule has 2 N–H and O–H groups in total. The Morgan fingerprint density at radius 1 is 1.64 bits per heavy atom. The van der Waals surface area contributed by atoms with Crippen LogP contribution in [0.5, 0.6) is 0 Å². The predicted octanol–water partition coefficient (Wildman–Crippen LogP) is -0.176. The van der Waals surface area contributed by atoms with E-state index in [9.17, 15) is 5.11 Å². The predicted molar refractivity (Wildman–Crippen MR) is 43.4 cm³/mol. The summed E-state index contributed by atoms with van der Waals surface area (Å²) in [4.78, 5) is 2.18. The van der Waals surface area contributed by atoms with Gasteiger partial charge in [0.25, 0.3) is 0 Å². The van der Waals surface area contributed by atoms with Crippen LogP contribution in [0, 0.1) is 0 Å². The Morgan fingerprint density at radius 2 is 2.27 bits per heavy atom. The van der Waals surface area contributed by atoms with Gasteiger partial charge in [-0.3, -0.25) is 4.90 Å². The highest BCUT2D eigenvalue weighted by atomic mass is 16.3. The van der Waals surface area contributed by atoms with E-state index in [2.05, 4.69) is 11.8 Å². The molecule has 0 saturated carbocycles. The van der Waals surface area contributed by atoms with Gasteiger partial charge >= 0.3 is 0 Å². The van der Waals surface area contributed by atoms with Crippen LogP contribution in [0.15, 0.2) is 0 Å². The highest BCUT2D eigenvalue weighted by molar-refractivity contribution is 4.85. The van der Waals surface area contributed by atoms with Crippen molar-refractivity contribution in [2.45, 2.75) is 31.9 Å². The maximum Gasteiger partial charge on any atom is 0.0975 e. The first-order valence-electron chi connectivity index (χ1n) is 4.12. The minimum atomic E-state index is -0.922. The van der Waals surface area contributed by atoms with Gasteiger partial charge in [-0.2, -0.15) is 0 Å². The van der Waals surface area contributed by atoms with Crippen molar-refractivity contribution < 1.29 is 10.2 Å². The first-order chi connectivity index (χ1) is 5.05. The maximum absolute atomic E-state index is 9.48. The Labute approximate surface area is 67.6 Å². The van der Waals surface area contributed by atoms with Crippen molar-refractivity contribution >= 4 is 0 Å². The first-order valence-corrected chi connectivity index (χ1v) is 4.12. The Balaban J connectivity index is 2.29. The number of hydrogen-bond acceptors (Lipinski definition) is 3. The van der Waals surface area contributed by atoms with E-state index in [1.54, 1.807) is 6.92 Å². The van der Waals surface area contributed by atoms with Gasteiger partial charge in [-0.15, -0.1) is 0 Å². The normalized spacial score (nSPS) is 31.1. The van der Waals surface area contributed by atoms with Crippen molar-refractivity contribution in [3.05, 3.63) is 0 Å². The van der Waals surface area contributed by atoms with Crippen LogP contribution in [-0.4, -0.2) is 46.5 Å². The molecule has 0 aromatic heterocycles. The van der Waals surface area contributed by atoms with Gasteiger partial charge in [0, 0.05) is 19.1 Å². The van der Waals surface area contributed by atoms with Gasteiger partial charge < -0.3 is 10.2 Å². The molecule has 11 heavy (non-hydrogen) atoms. The van der Waals surface area contributed by atoms with Gasteiger partial charge in [0.05, 0.1) is 12.2 Å². The molecule has 0 bridgehead atoms. The Morgan fingerprint density at radius 3 is 2.55 bits per heavy atom. The second-order valence-corrected chi connectivity index (χ2v) is 3.76. The highest BCUT2D eigenvalue weighted by Gasteiger charge is 2.30. The van der Waals surface area contributed by atoms with Crippen LogP contribution in [0.25, 0.3) is 0 Å². The summed E-state index contributed by atoms with van der Waals surface area (Å²) < 4.78 is 0. The van der Waals surface area contributed by atoms with Crippen LogP contribution in [-0.2, 0) is 0 Å². The quantitative estimate of drug-likeness (QED) is 0.600. The number of nitrogens with zero attached hydrogens (tertiary/aromatic N) is 1. The minimum absolute atomic E-state index is 0.157. The van der Waals surface area contributed by atoms with Gasteiger partial charge in [-0.25, -0.2) is 0 Å². The number of likely N-dealkylation sites (tertiary alicyclic amines) is 1. The summed E-state index contributed by atoms with van der Waals surface area (Å²) in [5.74, 6) is 0. The summed E-state index contributed by atoms with van der Waals surface area (Å²) in [7, 11) is 0. The van der Waals surface area contributed by atoms with Crippen molar-refractivity contribution in [3.63, 3.8) is 0 Å². The highest BCUT2D eigenvalue weighted by Crippen LogP contribution is 2.19. The van der Waals surface area contributed by atoms with E-state index in [4.69, 9.17) is 5.11 Å². The molecule has 1 fully saturated rings. The standard InChI is InChI=1S/C8H17NO2/c1-7-3-4-9(7)5-8(2,11)6-10/h7,10-11H,3-6H2,1-2H3. The number of β-amino-alcohol motifs (C(OH)–C–C–N with tert-alkyl or cyclic N) is 1. The zero-order valence-corrected chi connectivity index (χ0v) is 7.25. The van der Waals surface area contributed by atoms with Crippen molar-refractivity contribution in [2.75, 3.05) is 19.7 Å². The minimum Gasteiger partial charge on any atom is -0.393 e. The molecular weight excluding hydrogens is 142 g/mol. The third-order valence-electron chi connectivity index (χ3n) is 2.34. The summed E-state index contributed by atoms with van der Waals surface area (Å²) in [5.41, 5.74) is -0.922. The van der Waals surface area contributed by atoms with Gasteiger partial charge in [-0.05, 0) is 20.3 Å². The molecule has 0 amide bonds. The molecule has 0 aliphatic carbocycles. The van der Waals surface area contributed by atoms with Gasteiger partial charge in [0.2, 0.25) is 0 Å². The van der Waals surface area contributed by atoms with Gasteiger partial charge in [0.1, 0.15) is 0 Å². The summed E-state index contributed by atoms with van der Waals surface area (Å²) >= 11 is 0. The van der Waals surface area contributed by atoms with Gasteiger partial charge in [-0.1, -0.05) is 0 Å². The van der Waals surface area contributed by atoms with Crippen LogP contribution in [0.1, 0.15) is 20.3 Å². The van der Waals surface area contributed by atoms with E-state index in [1.807, 2.05) is 0 Å². The largest absolute Gasteiger partial charge is 0.393 e. The molecule has 0 aromatic carbocycles. The van der Waals surface area contributed by atoms with Crippen molar-refractivity contribution in [3.8, 4) is 0 Å². The second-order valence-electron chi connectivity index (χ2n) is 3.76. The molecule has 2 unspecified atom stereocenters. The summed E-state index contributed by atoms with van der Waals surface area (Å²) in [6.45, 7) is 5.28. The van der Waals surface area contributed by atoms with Crippen LogP contribution in [0.2, 0.25) is 0 Å². The molecule has 1 rings (SSSR count). The molecule has 66 valence electrons. The maximum atomic E-state index is 9.48. The number of rotatable bonds is 3. The zero-order chi connectivity index (χ0) is 8.48. The van der Waals surface area contributed by atoms with Crippen LogP contribution < -0.4 is 0 Å². The fourth-order valence-electron chi connectivity index (χ4n) is 1.29. The van der Waals surface area contributed by atoms with Gasteiger partial charge in [0.15, 0.2) is 0 Å². The lowest BCUT2D eigenvalue weighted by Gasteiger charge is -2.42. The fourth-order valence-corrected chi connectivity index (χ4v) is 1.29. The van der Waals surface area contributed by atoms with E-state index >= 15 is 0 Å². The number of hydrogen-bond donors (Lipinski definition) is 2. The lowest BCUT2D eigenvalue weighted by molar-refractivity contribution is -0.0526. The summed E-state index contributed by atoms with van der Waals surface area (Å²) in [6.07, 6.45) is 1.21.